The van der Waals surface area contributed by atoms with Crippen LogP contribution < -0.4 is 9.80 Å². The SMILES string of the molecule is C[NH+]1CC[NH+](Cc2cc([N+](=O)[O-])ccc2Cl)CC1. The first-order valence-electron chi connectivity index (χ1n) is 6.14. The molecule has 0 unspecified atom stereocenters. The van der Waals surface area contributed by atoms with Gasteiger partial charge in [0.1, 0.15) is 32.7 Å². The molecule has 1 heterocycles. The topological polar surface area (TPSA) is 52.0 Å². The Labute approximate surface area is 111 Å². The van der Waals surface area contributed by atoms with Crippen LogP contribution in [-0.2, 0) is 6.54 Å². The number of rotatable bonds is 3. The molecule has 6 heteroatoms. The summed E-state index contributed by atoms with van der Waals surface area (Å²) in [6.07, 6.45) is 0. The molecule has 18 heavy (non-hydrogen) atoms. The molecule has 0 amide bonds. The van der Waals surface area contributed by atoms with Gasteiger partial charge in [-0.05, 0) is 6.07 Å². The Kier molecular flexibility index (Phi) is 4.16. The molecule has 1 aromatic rings. The van der Waals surface area contributed by atoms with E-state index < -0.39 is 0 Å². The van der Waals surface area contributed by atoms with Gasteiger partial charge in [-0.1, -0.05) is 11.6 Å². The molecule has 0 spiro atoms. The number of nitro groups is 1. The largest absolute Gasteiger partial charge is 0.328 e. The Morgan fingerprint density at radius 3 is 2.61 bits per heavy atom. The second kappa shape index (κ2) is 5.65. The van der Waals surface area contributed by atoms with Gasteiger partial charge in [0.25, 0.3) is 5.69 Å². The predicted molar refractivity (Wildman–Crippen MR) is 69.1 cm³/mol. The number of piperazine rings is 1. The van der Waals surface area contributed by atoms with E-state index in [1.807, 2.05) is 0 Å². The quantitative estimate of drug-likeness (QED) is 0.557. The molecule has 1 saturated heterocycles. The van der Waals surface area contributed by atoms with E-state index in [0.29, 0.717) is 5.02 Å². The molecule has 1 aromatic carbocycles. The van der Waals surface area contributed by atoms with Gasteiger partial charge in [0.2, 0.25) is 0 Å². The van der Waals surface area contributed by atoms with Crippen molar-refractivity contribution in [1.82, 2.24) is 0 Å². The maximum Gasteiger partial charge on any atom is 0.270 e. The number of benzene rings is 1. The summed E-state index contributed by atoms with van der Waals surface area (Å²) in [7, 11) is 2.19. The van der Waals surface area contributed by atoms with E-state index in [9.17, 15) is 10.1 Å². The maximum atomic E-state index is 10.8. The molecule has 0 aliphatic carbocycles. The lowest BCUT2D eigenvalue weighted by atomic mass is 10.1. The molecule has 5 nitrogen and oxygen atoms in total. The van der Waals surface area contributed by atoms with E-state index in [1.54, 1.807) is 17.0 Å². The van der Waals surface area contributed by atoms with Crippen molar-refractivity contribution in [2.24, 2.45) is 0 Å². The van der Waals surface area contributed by atoms with Crippen molar-refractivity contribution in [2.45, 2.75) is 6.54 Å². The molecule has 98 valence electrons. The highest BCUT2D eigenvalue weighted by atomic mass is 35.5. The Bertz CT molecular complexity index is 445. The first-order valence-corrected chi connectivity index (χ1v) is 6.52. The van der Waals surface area contributed by atoms with E-state index >= 15 is 0 Å². The van der Waals surface area contributed by atoms with Crippen molar-refractivity contribution in [3.63, 3.8) is 0 Å². The van der Waals surface area contributed by atoms with E-state index in [0.717, 1.165) is 38.3 Å². The van der Waals surface area contributed by atoms with Crippen molar-refractivity contribution in [2.75, 3.05) is 33.2 Å². The molecule has 2 N–H and O–H groups in total. The molecule has 0 saturated carbocycles. The fourth-order valence-electron chi connectivity index (χ4n) is 2.29. The number of likely N-dealkylation sites (N-methyl/N-ethyl adjacent to an activating group) is 1. The smallest absolute Gasteiger partial charge is 0.270 e. The van der Waals surface area contributed by atoms with Crippen molar-refractivity contribution in [1.29, 1.82) is 0 Å². The van der Waals surface area contributed by atoms with Gasteiger partial charge >= 0.3 is 0 Å². The highest BCUT2D eigenvalue weighted by Crippen LogP contribution is 2.21. The first kappa shape index (κ1) is 13.3. The van der Waals surface area contributed by atoms with Crippen molar-refractivity contribution in [3.05, 3.63) is 38.9 Å². The van der Waals surface area contributed by atoms with Crippen LogP contribution in [0.3, 0.4) is 0 Å². The Balaban J connectivity index is 2.08. The molecule has 1 aliphatic heterocycles. The van der Waals surface area contributed by atoms with Crippen molar-refractivity contribution in [3.8, 4) is 0 Å². The molecular weight excluding hydrogens is 254 g/mol. The monoisotopic (exact) mass is 271 g/mol. The lowest BCUT2D eigenvalue weighted by Gasteiger charge is -2.27. The lowest BCUT2D eigenvalue weighted by molar-refractivity contribution is -1.01. The molecule has 0 bridgehead atoms. The number of nitrogens with zero attached hydrogens (tertiary/aromatic N) is 1. The second-order valence-corrected chi connectivity index (χ2v) is 5.32. The van der Waals surface area contributed by atoms with Crippen LogP contribution in [0.5, 0.6) is 0 Å². The van der Waals surface area contributed by atoms with Crippen LogP contribution in [0.1, 0.15) is 5.56 Å². The van der Waals surface area contributed by atoms with E-state index in [4.69, 9.17) is 11.6 Å². The highest BCUT2D eigenvalue weighted by Gasteiger charge is 2.21. The van der Waals surface area contributed by atoms with Gasteiger partial charge in [0.15, 0.2) is 0 Å². The van der Waals surface area contributed by atoms with Gasteiger partial charge in [-0.3, -0.25) is 10.1 Å². The predicted octanol–water partition coefficient (Wildman–Crippen LogP) is -0.839. The standard InChI is InChI=1S/C12H16ClN3O2/c1-14-4-6-15(7-5-14)9-10-8-11(16(17)18)2-3-12(10)13/h2-3,8H,4-7,9H2,1H3/p+2. The van der Waals surface area contributed by atoms with Gasteiger partial charge in [0.05, 0.1) is 12.0 Å². The van der Waals surface area contributed by atoms with Crippen LogP contribution in [0.25, 0.3) is 0 Å². The zero-order valence-electron chi connectivity index (χ0n) is 10.4. The second-order valence-electron chi connectivity index (χ2n) is 4.92. The van der Waals surface area contributed by atoms with E-state index in [1.165, 1.54) is 11.0 Å². The zero-order valence-corrected chi connectivity index (χ0v) is 11.2. The fourth-order valence-corrected chi connectivity index (χ4v) is 2.47. The van der Waals surface area contributed by atoms with Crippen LogP contribution in [-0.4, -0.2) is 38.2 Å². The number of nitrogens with one attached hydrogen (secondary N) is 2. The normalized spacial score (nSPS) is 23.9. The Morgan fingerprint density at radius 2 is 2.00 bits per heavy atom. The van der Waals surface area contributed by atoms with Crippen molar-refractivity contribution < 1.29 is 14.7 Å². The maximum absolute atomic E-state index is 10.8. The minimum atomic E-state index is -0.372. The first-order chi connectivity index (χ1) is 8.56. The van der Waals surface area contributed by atoms with Gasteiger partial charge in [-0.15, -0.1) is 0 Å². The average Bonchev–Trinajstić information content (AvgIpc) is 2.34. The summed E-state index contributed by atoms with van der Waals surface area (Å²) in [5, 5.41) is 11.4. The number of nitro benzene ring substituents is 1. The van der Waals surface area contributed by atoms with E-state index in [-0.39, 0.29) is 10.6 Å². The van der Waals surface area contributed by atoms with Crippen LogP contribution >= 0.6 is 11.6 Å². The fraction of sp³-hybridized carbons (Fsp3) is 0.500. The zero-order chi connectivity index (χ0) is 13.1. The molecule has 0 atom stereocenters. The average molecular weight is 272 g/mol. The highest BCUT2D eigenvalue weighted by molar-refractivity contribution is 6.31. The molecule has 1 fully saturated rings. The van der Waals surface area contributed by atoms with Crippen LogP contribution in [0.15, 0.2) is 18.2 Å². The minimum Gasteiger partial charge on any atom is -0.328 e. The van der Waals surface area contributed by atoms with Crippen LogP contribution in [0, 0.1) is 10.1 Å². The number of halogens is 1. The van der Waals surface area contributed by atoms with Crippen LogP contribution in [0.2, 0.25) is 5.02 Å². The third-order valence-electron chi connectivity index (χ3n) is 3.49. The summed E-state index contributed by atoms with van der Waals surface area (Å²) in [4.78, 5) is 13.4. The Hall–Kier alpha value is -1.17. The van der Waals surface area contributed by atoms with E-state index in [2.05, 4.69) is 7.05 Å². The molecule has 0 aromatic heterocycles. The number of hydrogen-bond acceptors (Lipinski definition) is 2. The summed E-state index contributed by atoms with van der Waals surface area (Å²) in [6, 6.07) is 4.67. The molecule has 2 rings (SSSR count). The number of quaternary nitrogens is 2. The molecule has 1 aliphatic rings. The molecular formula is C12H18ClN3O2+2. The third-order valence-corrected chi connectivity index (χ3v) is 3.86. The minimum absolute atomic E-state index is 0.119. The number of non-ortho nitro benzene ring substituents is 1. The number of hydrogen-bond donors (Lipinski definition) is 2. The van der Waals surface area contributed by atoms with Gasteiger partial charge in [-0.25, -0.2) is 0 Å². The third kappa shape index (κ3) is 3.19. The summed E-state index contributed by atoms with van der Waals surface area (Å²) in [5.41, 5.74) is 0.994. The van der Waals surface area contributed by atoms with Crippen molar-refractivity contribution >= 4 is 17.3 Å². The summed E-state index contributed by atoms with van der Waals surface area (Å²) >= 11 is 6.11. The van der Waals surface area contributed by atoms with Gasteiger partial charge in [-0.2, -0.15) is 0 Å². The van der Waals surface area contributed by atoms with Gasteiger partial charge < -0.3 is 9.80 Å². The summed E-state index contributed by atoms with van der Waals surface area (Å²) in [5.74, 6) is 0. The molecule has 0 radical (unpaired) electrons. The van der Waals surface area contributed by atoms with Crippen LogP contribution in [0.4, 0.5) is 5.69 Å². The lowest BCUT2D eigenvalue weighted by Crippen LogP contribution is -3.26. The van der Waals surface area contributed by atoms with Gasteiger partial charge in [0, 0.05) is 22.7 Å². The summed E-state index contributed by atoms with van der Waals surface area (Å²) in [6.45, 7) is 5.23. The Morgan fingerprint density at radius 1 is 1.33 bits per heavy atom. The summed E-state index contributed by atoms with van der Waals surface area (Å²) < 4.78 is 0.